The molecule has 0 aliphatic rings. The van der Waals surface area contributed by atoms with Gasteiger partial charge < -0.3 is 5.32 Å². The number of amides is 1. The van der Waals surface area contributed by atoms with E-state index in [1.165, 1.54) is 0 Å². The first-order valence-corrected chi connectivity index (χ1v) is 6.64. The molecule has 0 saturated carbocycles. The Morgan fingerprint density at radius 2 is 2.26 bits per heavy atom. The molecule has 0 radical (unpaired) electrons. The molecule has 2 aromatic rings. The molecule has 0 aliphatic carbocycles. The van der Waals surface area contributed by atoms with Gasteiger partial charge in [0.05, 0.1) is 5.69 Å². The van der Waals surface area contributed by atoms with Crippen LogP contribution >= 0.6 is 11.6 Å². The Balaban J connectivity index is 1.87. The largest absolute Gasteiger partial charge is 0.352 e. The summed E-state index contributed by atoms with van der Waals surface area (Å²) in [5.41, 5.74) is 2.55. The summed E-state index contributed by atoms with van der Waals surface area (Å²) in [7, 11) is 1.87. The predicted octanol–water partition coefficient (Wildman–Crippen LogP) is 2.13. The maximum absolute atomic E-state index is 11.9. The van der Waals surface area contributed by atoms with Crippen LogP contribution in [-0.2, 0) is 19.3 Å². The Morgan fingerprint density at radius 3 is 2.95 bits per heavy atom. The second-order valence-corrected chi connectivity index (χ2v) is 4.59. The number of hydrogen-bond donors (Lipinski definition) is 1. The third-order valence-electron chi connectivity index (χ3n) is 2.78. The van der Waals surface area contributed by atoms with E-state index in [1.54, 1.807) is 10.7 Å². The lowest BCUT2D eigenvalue weighted by Gasteiger charge is -2.05. The van der Waals surface area contributed by atoms with Gasteiger partial charge in [-0.25, -0.2) is 0 Å². The van der Waals surface area contributed by atoms with Crippen LogP contribution in [0, 0.1) is 0 Å². The first kappa shape index (κ1) is 13.6. The highest BCUT2D eigenvalue weighted by Crippen LogP contribution is 2.07. The van der Waals surface area contributed by atoms with Crippen LogP contribution in [0.5, 0.6) is 0 Å². The van der Waals surface area contributed by atoms with Crippen LogP contribution < -0.4 is 5.32 Å². The fourth-order valence-corrected chi connectivity index (χ4v) is 1.96. The smallest absolute Gasteiger partial charge is 0.251 e. The van der Waals surface area contributed by atoms with Crippen molar-refractivity contribution in [2.24, 2.45) is 7.05 Å². The second kappa shape index (κ2) is 6.38. The summed E-state index contributed by atoms with van der Waals surface area (Å²) in [6.45, 7) is 0.570. The van der Waals surface area contributed by atoms with Gasteiger partial charge in [-0.05, 0) is 23.8 Å². The molecule has 4 nitrogen and oxygen atoms in total. The van der Waals surface area contributed by atoms with E-state index in [-0.39, 0.29) is 5.91 Å². The lowest BCUT2D eigenvalue weighted by atomic mass is 10.1. The minimum atomic E-state index is -0.0807. The van der Waals surface area contributed by atoms with Gasteiger partial charge in [-0.15, -0.1) is 11.6 Å². The SMILES string of the molecule is Cn1ccc(CCNC(=O)c2cccc(CCl)c2)n1. The fourth-order valence-electron chi connectivity index (χ4n) is 1.80. The molecule has 0 bridgehead atoms. The van der Waals surface area contributed by atoms with E-state index in [0.29, 0.717) is 18.0 Å². The number of alkyl halides is 1. The molecule has 0 atom stereocenters. The van der Waals surface area contributed by atoms with E-state index < -0.39 is 0 Å². The number of aryl methyl sites for hydroxylation is 1. The molecule has 0 fully saturated rings. The molecular weight excluding hydrogens is 262 g/mol. The zero-order valence-electron chi connectivity index (χ0n) is 10.8. The molecule has 0 aliphatic heterocycles. The highest BCUT2D eigenvalue weighted by atomic mass is 35.5. The average molecular weight is 278 g/mol. The average Bonchev–Trinajstić information content (AvgIpc) is 2.84. The zero-order chi connectivity index (χ0) is 13.7. The van der Waals surface area contributed by atoms with Crippen molar-refractivity contribution >= 4 is 17.5 Å². The number of benzene rings is 1. The van der Waals surface area contributed by atoms with E-state index in [2.05, 4.69) is 10.4 Å². The van der Waals surface area contributed by atoms with Crippen molar-refractivity contribution < 1.29 is 4.79 Å². The first-order chi connectivity index (χ1) is 9.19. The number of carbonyl (C=O) groups excluding carboxylic acids is 1. The topological polar surface area (TPSA) is 46.9 Å². The lowest BCUT2D eigenvalue weighted by molar-refractivity contribution is 0.0954. The highest BCUT2D eigenvalue weighted by Gasteiger charge is 2.06. The number of aromatic nitrogens is 2. The minimum absolute atomic E-state index is 0.0807. The van der Waals surface area contributed by atoms with E-state index in [0.717, 1.165) is 17.7 Å². The fraction of sp³-hybridized carbons (Fsp3) is 0.286. The molecule has 1 aromatic carbocycles. The molecule has 0 spiro atoms. The van der Waals surface area contributed by atoms with Crippen LogP contribution in [-0.4, -0.2) is 22.2 Å². The molecule has 1 amide bonds. The van der Waals surface area contributed by atoms with Crippen LogP contribution in [0.2, 0.25) is 0 Å². The van der Waals surface area contributed by atoms with Gasteiger partial charge in [0.25, 0.3) is 5.91 Å². The summed E-state index contributed by atoms with van der Waals surface area (Å²) in [6, 6.07) is 9.28. The highest BCUT2D eigenvalue weighted by molar-refractivity contribution is 6.17. The van der Waals surface area contributed by atoms with E-state index in [9.17, 15) is 4.79 Å². The van der Waals surface area contributed by atoms with Crippen molar-refractivity contribution in [1.29, 1.82) is 0 Å². The number of rotatable bonds is 5. The second-order valence-electron chi connectivity index (χ2n) is 4.32. The Morgan fingerprint density at radius 1 is 1.42 bits per heavy atom. The van der Waals surface area contributed by atoms with E-state index in [1.807, 2.05) is 37.5 Å². The third kappa shape index (κ3) is 3.83. The van der Waals surface area contributed by atoms with Gasteiger partial charge in [0.15, 0.2) is 0 Å². The number of carbonyl (C=O) groups is 1. The van der Waals surface area contributed by atoms with Gasteiger partial charge in [-0.3, -0.25) is 9.48 Å². The molecule has 5 heteroatoms. The lowest BCUT2D eigenvalue weighted by Crippen LogP contribution is -2.25. The molecule has 1 aromatic heterocycles. The summed E-state index contributed by atoms with van der Waals surface area (Å²) in [4.78, 5) is 11.9. The summed E-state index contributed by atoms with van der Waals surface area (Å²) in [5, 5.41) is 7.13. The summed E-state index contributed by atoms with van der Waals surface area (Å²) >= 11 is 5.75. The van der Waals surface area contributed by atoms with Crippen molar-refractivity contribution in [3.63, 3.8) is 0 Å². The van der Waals surface area contributed by atoms with Crippen molar-refractivity contribution in [3.05, 3.63) is 53.3 Å². The maximum Gasteiger partial charge on any atom is 0.251 e. The van der Waals surface area contributed by atoms with Gasteiger partial charge >= 0.3 is 0 Å². The Labute approximate surface area is 117 Å². The Kier molecular flexibility index (Phi) is 4.58. The quantitative estimate of drug-likeness (QED) is 0.851. The first-order valence-electron chi connectivity index (χ1n) is 6.10. The van der Waals surface area contributed by atoms with Crippen molar-refractivity contribution in [2.75, 3.05) is 6.54 Å². The minimum Gasteiger partial charge on any atom is -0.352 e. The number of hydrogen-bond acceptors (Lipinski definition) is 2. The monoisotopic (exact) mass is 277 g/mol. The number of halogens is 1. The van der Waals surface area contributed by atoms with Gasteiger partial charge in [0.1, 0.15) is 0 Å². The van der Waals surface area contributed by atoms with Crippen LogP contribution in [0.3, 0.4) is 0 Å². The van der Waals surface area contributed by atoms with Crippen LogP contribution in [0.1, 0.15) is 21.6 Å². The van der Waals surface area contributed by atoms with Gasteiger partial charge in [-0.1, -0.05) is 12.1 Å². The van der Waals surface area contributed by atoms with Crippen molar-refractivity contribution in [2.45, 2.75) is 12.3 Å². The summed E-state index contributed by atoms with van der Waals surface area (Å²) in [5.74, 6) is 0.331. The number of nitrogens with zero attached hydrogens (tertiary/aromatic N) is 2. The molecule has 2 rings (SSSR count). The molecule has 0 saturated heterocycles. The van der Waals surface area contributed by atoms with Crippen LogP contribution in [0.15, 0.2) is 36.5 Å². The van der Waals surface area contributed by atoms with Gasteiger partial charge in [-0.2, -0.15) is 5.10 Å². The normalized spacial score (nSPS) is 10.4. The molecule has 100 valence electrons. The molecule has 0 unspecified atom stereocenters. The van der Waals surface area contributed by atoms with Gasteiger partial charge in [0, 0.05) is 37.7 Å². The van der Waals surface area contributed by atoms with E-state index in [4.69, 9.17) is 11.6 Å². The predicted molar refractivity (Wildman–Crippen MR) is 75.2 cm³/mol. The van der Waals surface area contributed by atoms with Crippen molar-refractivity contribution in [1.82, 2.24) is 15.1 Å². The number of nitrogens with one attached hydrogen (secondary N) is 1. The molecular formula is C14H16ClN3O. The maximum atomic E-state index is 11.9. The molecule has 1 heterocycles. The molecule has 19 heavy (non-hydrogen) atoms. The van der Waals surface area contributed by atoms with Crippen LogP contribution in [0.25, 0.3) is 0 Å². The summed E-state index contributed by atoms with van der Waals surface area (Å²) in [6.07, 6.45) is 2.61. The standard InChI is InChI=1S/C14H16ClN3O/c1-18-8-6-13(17-18)5-7-16-14(19)12-4-2-3-11(9-12)10-15/h2-4,6,8-9H,5,7,10H2,1H3,(H,16,19). The third-order valence-corrected chi connectivity index (χ3v) is 3.09. The zero-order valence-corrected chi connectivity index (χ0v) is 11.5. The Bertz CT molecular complexity index is 565. The van der Waals surface area contributed by atoms with E-state index >= 15 is 0 Å². The van der Waals surface area contributed by atoms with Gasteiger partial charge in [0.2, 0.25) is 0 Å². The van der Waals surface area contributed by atoms with Crippen LogP contribution in [0.4, 0.5) is 0 Å². The Hall–Kier alpha value is -1.81. The molecule has 1 N–H and O–H groups in total. The van der Waals surface area contributed by atoms with Crippen molar-refractivity contribution in [3.8, 4) is 0 Å². The summed E-state index contributed by atoms with van der Waals surface area (Å²) < 4.78 is 1.75.